The van der Waals surface area contributed by atoms with Crippen molar-refractivity contribution in [3.8, 4) is 0 Å². The Bertz CT molecular complexity index is 5.51. The molecule has 0 N–H and O–H groups in total. The molecule has 0 spiro atoms. The topological polar surface area (TPSA) is 0 Å². The maximum atomic E-state index is 0. The van der Waals surface area contributed by atoms with E-state index >= 15 is 0 Å². The first-order chi connectivity index (χ1) is 0. The molecule has 40 valence electrons. The summed E-state index contributed by atoms with van der Waals surface area (Å²) in [6, 6.07) is 0. The maximum absolute atomic E-state index is 0. The fraction of sp³-hybridized carbons (Fsp3) is 0. The minimum Gasteiger partial charge on any atom is -0.147 e. The van der Waals surface area contributed by atoms with E-state index in [1.807, 2.05) is 0 Å². The van der Waals surface area contributed by atoms with Gasteiger partial charge in [0.25, 0.3) is 0 Å². The average Bonchev–Trinajstić information content (AvgIpc) is 0. The first kappa shape index (κ1) is 73.8. The van der Waals surface area contributed by atoms with Gasteiger partial charge in [-0.25, -0.2) is 0 Å². The Hall–Kier alpha value is 2.59. The van der Waals surface area contributed by atoms with Crippen LogP contribution >= 0.6 is 49.6 Å². The van der Waals surface area contributed by atoms with E-state index in [0.717, 1.165) is 0 Å². The Morgan fingerprint density at radius 2 is 0.333 bits per heavy atom. The zero-order valence-corrected chi connectivity index (χ0v) is 9.02. The van der Waals surface area contributed by atoms with Crippen molar-refractivity contribution in [2.45, 2.75) is 0 Å². The molecule has 0 bridgehead atoms. The Morgan fingerprint density at radius 3 is 0.333 bits per heavy atom. The van der Waals surface area contributed by atoms with Crippen LogP contribution in [0, 0.1) is 0 Å². The zero-order chi connectivity index (χ0) is 0. The third-order valence-corrected chi connectivity index (χ3v) is 0. The summed E-state index contributed by atoms with van der Waals surface area (Å²) in [7, 11) is 0. The van der Waals surface area contributed by atoms with E-state index in [4.69, 9.17) is 0 Å². The largest absolute Gasteiger partial charge is 0.147 e. The van der Waals surface area contributed by atoms with Gasteiger partial charge in [-0.3, -0.25) is 0 Å². The molecule has 0 amide bonds. The Kier molecular flexibility index (Phi) is 605. The summed E-state index contributed by atoms with van der Waals surface area (Å²) in [5.41, 5.74) is 0. The van der Waals surface area contributed by atoms with Gasteiger partial charge in [-0.05, 0) is 0 Å². The van der Waals surface area contributed by atoms with Crippen LogP contribution in [0.4, 0.5) is 0 Å². The Balaban J connectivity index is 0. The molecule has 0 aromatic rings. The molecule has 0 aliphatic rings. The minimum absolute atomic E-state index is 0. The molecule has 0 unspecified atom stereocenters. The molecule has 0 rings (SSSR count). The number of hydrogen-bond acceptors (Lipinski definition) is 0. The quantitative estimate of drug-likeness (QED) is 0.566. The van der Waals surface area contributed by atoms with Gasteiger partial charge in [0.2, 0.25) is 0 Å². The van der Waals surface area contributed by atoms with E-state index in [0.29, 0.717) is 0 Å². The van der Waals surface area contributed by atoms with E-state index in [9.17, 15) is 0 Å². The fourth-order valence-electron chi connectivity index (χ4n) is 0. The standard InChI is InChI=1S/4ClH.2Ti/h4*1H;;. The molecule has 0 aliphatic heterocycles. The van der Waals surface area contributed by atoms with Crippen LogP contribution in [0.15, 0.2) is 0 Å². The molecule has 0 radical (unpaired) electrons. The maximum Gasteiger partial charge on any atom is 0 e. The molecule has 0 saturated heterocycles. The second kappa shape index (κ2) is 49.2. The molecular formula is H4Cl4Ti2. The van der Waals surface area contributed by atoms with Crippen molar-refractivity contribution in [2.24, 2.45) is 0 Å². The van der Waals surface area contributed by atoms with E-state index in [1.54, 1.807) is 0 Å². The van der Waals surface area contributed by atoms with Gasteiger partial charge in [-0.2, -0.15) is 0 Å². The monoisotopic (exact) mass is 240 g/mol. The van der Waals surface area contributed by atoms with E-state index < -0.39 is 0 Å². The number of hydrogen-bond donors (Lipinski definition) is 0. The molecule has 0 aromatic carbocycles. The molecule has 0 aliphatic carbocycles. The summed E-state index contributed by atoms with van der Waals surface area (Å²) >= 11 is 0. The van der Waals surface area contributed by atoms with Crippen LogP contribution < -0.4 is 0 Å². The second-order valence-corrected chi connectivity index (χ2v) is 0. The number of halogens is 4. The zero-order valence-electron chi connectivity index (χ0n) is 2.63. The van der Waals surface area contributed by atoms with E-state index in [-0.39, 0.29) is 93.1 Å². The van der Waals surface area contributed by atoms with Crippen molar-refractivity contribution in [2.75, 3.05) is 0 Å². The molecular weight excluding hydrogens is 238 g/mol. The summed E-state index contributed by atoms with van der Waals surface area (Å²) in [5.74, 6) is 0. The van der Waals surface area contributed by atoms with Gasteiger partial charge in [-0.15, -0.1) is 49.6 Å². The van der Waals surface area contributed by atoms with Crippen LogP contribution in [0.3, 0.4) is 0 Å². The van der Waals surface area contributed by atoms with Crippen LogP contribution in [0.5, 0.6) is 0 Å². The van der Waals surface area contributed by atoms with Crippen LogP contribution in [-0.4, -0.2) is 0 Å². The molecule has 0 heterocycles. The molecule has 0 atom stereocenters. The van der Waals surface area contributed by atoms with Gasteiger partial charge in [-0.1, -0.05) is 0 Å². The molecule has 0 nitrogen and oxygen atoms in total. The van der Waals surface area contributed by atoms with Crippen molar-refractivity contribution < 1.29 is 43.4 Å². The Labute approximate surface area is 92.0 Å². The SMILES string of the molecule is Cl.Cl.Cl.Cl.[Ti].[Ti]. The number of rotatable bonds is 0. The molecule has 0 fully saturated rings. The van der Waals surface area contributed by atoms with Crippen LogP contribution in [0.2, 0.25) is 0 Å². The van der Waals surface area contributed by atoms with Crippen LogP contribution in [-0.2, 0) is 43.4 Å². The van der Waals surface area contributed by atoms with Crippen molar-refractivity contribution in [3.63, 3.8) is 0 Å². The predicted molar refractivity (Wildman–Crippen MR) is 29.0 cm³/mol. The first-order valence-electron chi connectivity index (χ1n) is 0. The van der Waals surface area contributed by atoms with Crippen LogP contribution in [0.25, 0.3) is 0 Å². The average molecular weight is 242 g/mol. The normalized spacial score (nSPS) is 0. The van der Waals surface area contributed by atoms with Gasteiger partial charge in [0.1, 0.15) is 0 Å². The smallest absolute Gasteiger partial charge is 0 e. The van der Waals surface area contributed by atoms with Gasteiger partial charge in [0, 0.05) is 43.4 Å². The van der Waals surface area contributed by atoms with E-state index in [1.165, 1.54) is 0 Å². The van der Waals surface area contributed by atoms with Crippen LogP contribution in [0.1, 0.15) is 0 Å². The van der Waals surface area contributed by atoms with Crippen molar-refractivity contribution in [1.29, 1.82) is 0 Å². The van der Waals surface area contributed by atoms with Crippen molar-refractivity contribution in [3.05, 3.63) is 0 Å². The third-order valence-electron chi connectivity index (χ3n) is 0. The van der Waals surface area contributed by atoms with Crippen molar-refractivity contribution in [1.82, 2.24) is 0 Å². The van der Waals surface area contributed by atoms with Gasteiger partial charge < -0.3 is 0 Å². The summed E-state index contributed by atoms with van der Waals surface area (Å²) in [4.78, 5) is 0. The molecule has 0 aromatic heterocycles. The summed E-state index contributed by atoms with van der Waals surface area (Å²) < 4.78 is 0. The third kappa shape index (κ3) is 30.7. The first-order valence-corrected chi connectivity index (χ1v) is 0. The summed E-state index contributed by atoms with van der Waals surface area (Å²) in [5, 5.41) is 0. The van der Waals surface area contributed by atoms with Crippen molar-refractivity contribution >= 4 is 49.6 Å². The van der Waals surface area contributed by atoms with Gasteiger partial charge in [0.05, 0.1) is 0 Å². The predicted octanol–water partition coefficient (Wildman–Crippen LogP) is 1.68. The van der Waals surface area contributed by atoms with Gasteiger partial charge in [0.15, 0.2) is 0 Å². The molecule has 6 heteroatoms. The van der Waals surface area contributed by atoms with Gasteiger partial charge >= 0.3 is 0 Å². The Morgan fingerprint density at radius 1 is 0.333 bits per heavy atom. The second-order valence-electron chi connectivity index (χ2n) is 0. The fourth-order valence-corrected chi connectivity index (χ4v) is 0. The molecule has 6 heavy (non-hydrogen) atoms. The summed E-state index contributed by atoms with van der Waals surface area (Å²) in [6.45, 7) is 0. The van der Waals surface area contributed by atoms with E-state index in [2.05, 4.69) is 0 Å². The summed E-state index contributed by atoms with van der Waals surface area (Å²) in [6.07, 6.45) is 0. The molecule has 0 saturated carbocycles. The minimum atomic E-state index is 0.